The third kappa shape index (κ3) is 3.33. The van der Waals surface area contributed by atoms with Crippen LogP contribution in [0.3, 0.4) is 0 Å². The molecule has 0 aromatic heterocycles. The van der Waals surface area contributed by atoms with Gasteiger partial charge in [0.25, 0.3) is 0 Å². The van der Waals surface area contributed by atoms with Gasteiger partial charge in [0, 0.05) is 17.8 Å². The lowest BCUT2D eigenvalue weighted by Crippen LogP contribution is -2.45. The summed E-state index contributed by atoms with van der Waals surface area (Å²) in [5.41, 5.74) is 0.819. The second kappa shape index (κ2) is 5.88. The van der Waals surface area contributed by atoms with Gasteiger partial charge in [-0.3, -0.25) is 4.99 Å². The largest absolute Gasteiger partial charge is 0.359 e. The normalized spacial score (nSPS) is 31.6. The molecule has 0 bridgehead atoms. The Labute approximate surface area is 128 Å². The molecule has 4 heteroatoms. The van der Waals surface area contributed by atoms with Crippen molar-refractivity contribution in [1.82, 2.24) is 10.2 Å². The van der Waals surface area contributed by atoms with Crippen LogP contribution in [-0.2, 0) is 0 Å². The van der Waals surface area contributed by atoms with E-state index in [1.54, 1.807) is 0 Å². The average Bonchev–Trinajstić information content (AvgIpc) is 2.84. The van der Waals surface area contributed by atoms with E-state index >= 15 is 0 Å². The molecule has 0 radical (unpaired) electrons. The van der Waals surface area contributed by atoms with Crippen LogP contribution in [0.5, 0.6) is 0 Å². The molecule has 1 spiro atoms. The van der Waals surface area contributed by atoms with Gasteiger partial charge in [-0.05, 0) is 51.2 Å². The van der Waals surface area contributed by atoms with E-state index in [9.17, 15) is 0 Å². The summed E-state index contributed by atoms with van der Waals surface area (Å²) in [4.78, 5) is 7.38. The minimum Gasteiger partial charge on any atom is -0.359 e. The van der Waals surface area contributed by atoms with Crippen molar-refractivity contribution in [2.24, 2.45) is 10.4 Å². The highest BCUT2D eigenvalue weighted by atomic mass is 32.2. The van der Waals surface area contributed by atoms with Crippen molar-refractivity contribution in [1.29, 1.82) is 0 Å². The minimum absolute atomic E-state index is 0.398. The van der Waals surface area contributed by atoms with Gasteiger partial charge in [0.2, 0.25) is 0 Å². The standard InChI is InChI=1S/C16H29N3S/c1-15(8-10-19(2)11-9-15)12-17-14-18-16(13-20-14)6-4-3-5-7-16/h3-13H2,1-2H3,(H,17,18). The number of piperidine rings is 1. The predicted molar refractivity (Wildman–Crippen MR) is 88.5 cm³/mol. The third-order valence-electron chi connectivity index (χ3n) is 5.47. The summed E-state index contributed by atoms with van der Waals surface area (Å²) in [6, 6.07) is 0. The molecule has 2 heterocycles. The first kappa shape index (κ1) is 14.7. The Morgan fingerprint density at radius 1 is 1.15 bits per heavy atom. The first-order valence-electron chi connectivity index (χ1n) is 8.23. The summed E-state index contributed by atoms with van der Waals surface area (Å²) in [6.07, 6.45) is 9.48. The zero-order valence-corrected chi connectivity index (χ0v) is 13.9. The first-order chi connectivity index (χ1) is 9.59. The highest BCUT2D eigenvalue weighted by Gasteiger charge is 2.38. The molecule has 2 saturated heterocycles. The van der Waals surface area contributed by atoms with Crippen molar-refractivity contribution in [2.45, 2.75) is 57.4 Å². The van der Waals surface area contributed by atoms with Gasteiger partial charge in [-0.15, -0.1) is 0 Å². The maximum absolute atomic E-state index is 4.94. The van der Waals surface area contributed by atoms with Gasteiger partial charge in [0.05, 0.1) is 0 Å². The Kier molecular flexibility index (Phi) is 4.32. The number of aliphatic imine (C=N–C) groups is 1. The fraction of sp³-hybridized carbons (Fsp3) is 0.938. The van der Waals surface area contributed by atoms with Crippen molar-refractivity contribution in [3.05, 3.63) is 0 Å². The lowest BCUT2D eigenvalue weighted by molar-refractivity contribution is 0.147. The van der Waals surface area contributed by atoms with Crippen molar-refractivity contribution < 1.29 is 0 Å². The predicted octanol–water partition coefficient (Wildman–Crippen LogP) is 3.11. The molecule has 1 N–H and O–H groups in total. The molecule has 0 aromatic carbocycles. The average molecular weight is 295 g/mol. The van der Waals surface area contributed by atoms with Crippen LogP contribution >= 0.6 is 11.8 Å². The molecule has 1 saturated carbocycles. The third-order valence-corrected chi connectivity index (χ3v) is 6.67. The van der Waals surface area contributed by atoms with E-state index in [1.807, 2.05) is 11.8 Å². The van der Waals surface area contributed by atoms with Gasteiger partial charge in [0.1, 0.15) is 0 Å². The molecule has 3 rings (SSSR count). The van der Waals surface area contributed by atoms with Crippen LogP contribution in [0.4, 0.5) is 0 Å². The minimum atomic E-state index is 0.398. The summed E-state index contributed by atoms with van der Waals surface area (Å²) in [7, 11) is 2.23. The fourth-order valence-electron chi connectivity index (χ4n) is 3.67. The van der Waals surface area contributed by atoms with Gasteiger partial charge in [0.15, 0.2) is 5.17 Å². The van der Waals surface area contributed by atoms with Crippen molar-refractivity contribution >= 4 is 16.9 Å². The number of hydrogen-bond donors (Lipinski definition) is 1. The van der Waals surface area contributed by atoms with E-state index in [2.05, 4.69) is 24.2 Å². The number of rotatable bonds is 2. The van der Waals surface area contributed by atoms with Crippen molar-refractivity contribution in [2.75, 3.05) is 32.4 Å². The first-order valence-corrected chi connectivity index (χ1v) is 9.22. The van der Waals surface area contributed by atoms with Gasteiger partial charge in [-0.25, -0.2) is 0 Å². The fourth-order valence-corrected chi connectivity index (χ4v) is 4.89. The molecule has 1 aliphatic carbocycles. The molecule has 114 valence electrons. The van der Waals surface area contributed by atoms with Crippen LogP contribution < -0.4 is 5.32 Å². The van der Waals surface area contributed by atoms with Crippen LogP contribution in [0.2, 0.25) is 0 Å². The van der Waals surface area contributed by atoms with E-state index in [-0.39, 0.29) is 0 Å². The number of thioether (sulfide) groups is 1. The molecule has 3 fully saturated rings. The Bertz CT molecular complexity index is 366. The molecular weight excluding hydrogens is 266 g/mol. The second-order valence-corrected chi connectivity index (χ2v) is 8.45. The molecular formula is C16H29N3S. The molecule has 0 amide bonds. The molecule has 0 atom stereocenters. The molecule has 2 aliphatic heterocycles. The monoisotopic (exact) mass is 295 g/mol. The van der Waals surface area contributed by atoms with E-state index in [1.165, 1.54) is 69.0 Å². The maximum atomic E-state index is 4.94. The van der Waals surface area contributed by atoms with Crippen LogP contribution in [-0.4, -0.2) is 48.0 Å². The Hall–Kier alpha value is -0.220. The van der Waals surface area contributed by atoms with E-state index < -0.39 is 0 Å². The van der Waals surface area contributed by atoms with Crippen molar-refractivity contribution in [3.63, 3.8) is 0 Å². The summed E-state index contributed by atoms with van der Waals surface area (Å²) in [6.45, 7) is 5.88. The van der Waals surface area contributed by atoms with E-state index in [0.717, 1.165) is 6.54 Å². The van der Waals surface area contributed by atoms with Gasteiger partial charge in [-0.2, -0.15) is 0 Å². The van der Waals surface area contributed by atoms with Gasteiger partial charge in [-0.1, -0.05) is 37.9 Å². The molecule has 0 unspecified atom stereocenters. The highest BCUT2D eigenvalue weighted by Crippen LogP contribution is 2.37. The topological polar surface area (TPSA) is 27.6 Å². The Morgan fingerprint density at radius 3 is 2.55 bits per heavy atom. The van der Waals surface area contributed by atoms with Crippen LogP contribution in [0.1, 0.15) is 51.9 Å². The zero-order valence-electron chi connectivity index (χ0n) is 13.1. The SMILES string of the molecule is CN1CCC(C)(CN=C2NC3(CCCCC3)CS2)CC1. The lowest BCUT2D eigenvalue weighted by atomic mass is 9.80. The number of nitrogens with zero attached hydrogens (tertiary/aromatic N) is 2. The van der Waals surface area contributed by atoms with Gasteiger partial charge >= 0.3 is 0 Å². The molecule has 20 heavy (non-hydrogen) atoms. The number of amidine groups is 1. The van der Waals surface area contributed by atoms with Crippen LogP contribution in [0.25, 0.3) is 0 Å². The Balaban J connectivity index is 1.55. The van der Waals surface area contributed by atoms with Crippen molar-refractivity contribution in [3.8, 4) is 0 Å². The Morgan fingerprint density at radius 2 is 1.85 bits per heavy atom. The van der Waals surface area contributed by atoms with Crippen LogP contribution in [0, 0.1) is 5.41 Å². The smallest absolute Gasteiger partial charge is 0.157 e. The summed E-state index contributed by atoms with van der Waals surface area (Å²) < 4.78 is 0. The number of nitrogens with one attached hydrogen (secondary N) is 1. The lowest BCUT2D eigenvalue weighted by Gasteiger charge is -2.37. The molecule has 3 aliphatic rings. The quantitative estimate of drug-likeness (QED) is 0.848. The maximum Gasteiger partial charge on any atom is 0.157 e. The molecule has 0 aromatic rings. The summed E-state index contributed by atoms with van der Waals surface area (Å²) in [5, 5.41) is 5.00. The van der Waals surface area contributed by atoms with E-state index in [4.69, 9.17) is 4.99 Å². The van der Waals surface area contributed by atoms with Crippen LogP contribution in [0.15, 0.2) is 4.99 Å². The van der Waals surface area contributed by atoms with E-state index in [0.29, 0.717) is 11.0 Å². The van der Waals surface area contributed by atoms with Gasteiger partial charge < -0.3 is 10.2 Å². The number of hydrogen-bond acceptors (Lipinski definition) is 3. The summed E-state index contributed by atoms with van der Waals surface area (Å²) >= 11 is 1.96. The number of likely N-dealkylation sites (tertiary alicyclic amines) is 1. The zero-order chi connectivity index (χ0) is 14.1. The second-order valence-electron chi connectivity index (χ2n) is 7.49. The molecule has 3 nitrogen and oxygen atoms in total. The highest BCUT2D eigenvalue weighted by molar-refractivity contribution is 8.14. The summed E-state index contributed by atoms with van der Waals surface area (Å²) in [5.74, 6) is 1.24.